The lowest BCUT2D eigenvalue weighted by Crippen LogP contribution is -2.51. The van der Waals surface area contributed by atoms with Crippen molar-refractivity contribution in [3.63, 3.8) is 0 Å². The molecule has 1 saturated heterocycles. The zero-order valence-corrected chi connectivity index (χ0v) is 11.8. The summed E-state index contributed by atoms with van der Waals surface area (Å²) in [5.41, 5.74) is 1.19. The number of hydrogen-bond acceptors (Lipinski definition) is 2. The monoisotopic (exact) mass is 237 g/mol. The van der Waals surface area contributed by atoms with E-state index in [9.17, 15) is 0 Å². The Morgan fingerprint density at radius 2 is 1.71 bits per heavy atom. The zero-order chi connectivity index (χ0) is 12.3. The molecule has 0 aromatic carbocycles. The highest BCUT2D eigenvalue weighted by Crippen LogP contribution is 2.63. The average Bonchev–Trinajstić information content (AvgIpc) is 2.59. The maximum Gasteiger partial charge on any atom is 0.0697 e. The summed E-state index contributed by atoms with van der Waals surface area (Å²) >= 11 is 0. The average molecular weight is 237 g/mol. The number of ether oxygens (including phenoxy) is 1. The van der Waals surface area contributed by atoms with E-state index in [-0.39, 0.29) is 5.60 Å². The fraction of sp³-hybridized carbons (Fsp3) is 1.00. The van der Waals surface area contributed by atoms with Gasteiger partial charge in [-0.2, -0.15) is 0 Å². The topological polar surface area (TPSA) is 21.3 Å². The second-order valence-corrected chi connectivity index (χ2v) is 7.62. The van der Waals surface area contributed by atoms with Crippen molar-refractivity contribution in [2.45, 2.75) is 77.5 Å². The predicted octanol–water partition coefficient (Wildman–Crippen LogP) is 3.11. The fourth-order valence-electron chi connectivity index (χ4n) is 3.94. The van der Waals surface area contributed by atoms with Gasteiger partial charge in [0.2, 0.25) is 0 Å². The van der Waals surface area contributed by atoms with Crippen LogP contribution in [-0.2, 0) is 4.74 Å². The van der Waals surface area contributed by atoms with Gasteiger partial charge in [0.1, 0.15) is 0 Å². The van der Waals surface area contributed by atoms with Gasteiger partial charge in [-0.1, -0.05) is 27.7 Å². The van der Waals surface area contributed by atoms with Crippen molar-refractivity contribution < 1.29 is 4.74 Å². The molecule has 2 heteroatoms. The summed E-state index contributed by atoms with van der Waals surface area (Å²) in [6, 6.07) is 1.38. The summed E-state index contributed by atoms with van der Waals surface area (Å²) in [5.74, 6) is 0. The third-order valence-electron chi connectivity index (χ3n) is 6.18. The van der Waals surface area contributed by atoms with E-state index in [0.29, 0.717) is 22.9 Å². The Hall–Kier alpha value is -0.0800. The Balaban J connectivity index is 1.60. The second-order valence-electron chi connectivity index (χ2n) is 7.62. The molecule has 2 saturated carbocycles. The minimum atomic E-state index is 0.277. The molecule has 0 aromatic heterocycles. The molecule has 3 aliphatic rings. The predicted molar refractivity (Wildman–Crippen MR) is 70.0 cm³/mol. The summed E-state index contributed by atoms with van der Waals surface area (Å²) in [4.78, 5) is 0. The van der Waals surface area contributed by atoms with Gasteiger partial charge in [-0.05, 0) is 42.9 Å². The molecular formula is C15H27NO. The van der Waals surface area contributed by atoms with E-state index in [1.54, 1.807) is 0 Å². The first kappa shape index (κ1) is 12.0. The first-order chi connectivity index (χ1) is 7.87. The van der Waals surface area contributed by atoms with Gasteiger partial charge in [0.05, 0.1) is 5.60 Å². The van der Waals surface area contributed by atoms with Crippen molar-refractivity contribution in [3.05, 3.63) is 0 Å². The zero-order valence-electron chi connectivity index (χ0n) is 11.8. The maximum absolute atomic E-state index is 6.00. The summed E-state index contributed by atoms with van der Waals surface area (Å²) in [6.45, 7) is 10.5. The van der Waals surface area contributed by atoms with Crippen molar-refractivity contribution in [2.75, 3.05) is 6.61 Å². The normalized spacial score (nSPS) is 37.8. The molecule has 1 heterocycles. The van der Waals surface area contributed by atoms with Crippen LogP contribution in [0.4, 0.5) is 0 Å². The lowest BCUT2D eigenvalue weighted by atomic mass is 9.74. The molecule has 0 amide bonds. The molecule has 1 N–H and O–H groups in total. The minimum Gasteiger partial charge on any atom is -0.375 e. The van der Waals surface area contributed by atoms with E-state index in [0.717, 1.165) is 6.61 Å². The summed E-state index contributed by atoms with van der Waals surface area (Å²) < 4.78 is 6.00. The molecule has 3 fully saturated rings. The van der Waals surface area contributed by atoms with Gasteiger partial charge in [-0.15, -0.1) is 0 Å². The molecule has 1 unspecified atom stereocenters. The van der Waals surface area contributed by atoms with Gasteiger partial charge >= 0.3 is 0 Å². The molecule has 98 valence electrons. The summed E-state index contributed by atoms with van der Waals surface area (Å²) in [5, 5.41) is 3.92. The van der Waals surface area contributed by atoms with Crippen LogP contribution in [0.1, 0.15) is 59.8 Å². The molecule has 1 aliphatic heterocycles. The third kappa shape index (κ3) is 1.67. The van der Waals surface area contributed by atoms with Gasteiger partial charge in [-0.25, -0.2) is 0 Å². The highest BCUT2D eigenvalue weighted by atomic mass is 16.5. The largest absolute Gasteiger partial charge is 0.375 e. The van der Waals surface area contributed by atoms with Gasteiger partial charge in [-0.3, -0.25) is 0 Å². The van der Waals surface area contributed by atoms with Crippen LogP contribution in [0.25, 0.3) is 0 Å². The number of rotatable bonds is 2. The van der Waals surface area contributed by atoms with E-state index in [1.807, 2.05) is 0 Å². The minimum absolute atomic E-state index is 0.277. The standard InChI is InChI=1S/C15H27NO/c1-13(2)12(14(13,3)4)16-11-6-9-17-15(10-11)7-5-8-15/h11-12,16H,5-10H2,1-4H3. The smallest absolute Gasteiger partial charge is 0.0697 e. The van der Waals surface area contributed by atoms with E-state index in [1.165, 1.54) is 32.1 Å². The van der Waals surface area contributed by atoms with Gasteiger partial charge in [0.25, 0.3) is 0 Å². The molecular weight excluding hydrogens is 210 g/mol. The van der Waals surface area contributed by atoms with Crippen molar-refractivity contribution in [1.82, 2.24) is 5.32 Å². The molecule has 0 radical (unpaired) electrons. The maximum atomic E-state index is 6.00. The van der Waals surface area contributed by atoms with Crippen molar-refractivity contribution in [3.8, 4) is 0 Å². The Kier molecular flexibility index (Phi) is 2.45. The molecule has 0 bridgehead atoms. The Morgan fingerprint density at radius 3 is 2.18 bits per heavy atom. The SMILES string of the molecule is CC1(C)C(NC2CCOC3(CCC3)C2)C1(C)C. The molecule has 17 heavy (non-hydrogen) atoms. The van der Waals surface area contributed by atoms with Gasteiger partial charge in [0.15, 0.2) is 0 Å². The van der Waals surface area contributed by atoms with Crippen LogP contribution in [-0.4, -0.2) is 24.3 Å². The quantitative estimate of drug-likeness (QED) is 0.797. The van der Waals surface area contributed by atoms with Crippen LogP contribution in [0.3, 0.4) is 0 Å². The van der Waals surface area contributed by atoms with Crippen LogP contribution >= 0.6 is 0 Å². The summed E-state index contributed by atoms with van der Waals surface area (Å²) in [6.07, 6.45) is 6.40. The van der Waals surface area contributed by atoms with Crippen LogP contribution in [0.5, 0.6) is 0 Å². The fourth-order valence-corrected chi connectivity index (χ4v) is 3.94. The molecule has 2 aliphatic carbocycles. The highest BCUT2D eigenvalue weighted by Gasteiger charge is 2.65. The number of hydrogen-bond donors (Lipinski definition) is 1. The van der Waals surface area contributed by atoms with Gasteiger partial charge in [0, 0.05) is 18.7 Å². The second kappa shape index (κ2) is 3.48. The van der Waals surface area contributed by atoms with E-state index < -0.39 is 0 Å². The summed E-state index contributed by atoms with van der Waals surface area (Å²) in [7, 11) is 0. The lowest BCUT2D eigenvalue weighted by Gasteiger charge is -2.47. The van der Waals surface area contributed by atoms with E-state index >= 15 is 0 Å². The van der Waals surface area contributed by atoms with Crippen molar-refractivity contribution in [2.24, 2.45) is 10.8 Å². The highest BCUT2D eigenvalue weighted by molar-refractivity contribution is 5.18. The van der Waals surface area contributed by atoms with Crippen LogP contribution < -0.4 is 5.32 Å². The lowest BCUT2D eigenvalue weighted by molar-refractivity contribution is -0.136. The van der Waals surface area contributed by atoms with Crippen molar-refractivity contribution >= 4 is 0 Å². The first-order valence-electron chi connectivity index (χ1n) is 7.27. The number of nitrogens with one attached hydrogen (secondary N) is 1. The molecule has 2 nitrogen and oxygen atoms in total. The van der Waals surface area contributed by atoms with Crippen LogP contribution in [0.15, 0.2) is 0 Å². The first-order valence-corrected chi connectivity index (χ1v) is 7.27. The van der Waals surface area contributed by atoms with E-state index in [4.69, 9.17) is 4.74 Å². The van der Waals surface area contributed by atoms with E-state index in [2.05, 4.69) is 33.0 Å². The Morgan fingerprint density at radius 1 is 1.06 bits per heavy atom. The van der Waals surface area contributed by atoms with Gasteiger partial charge < -0.3 is 10.1 Å². The molecule has 3 rings (SSSR count). The Labute approximate surface area is 105 Å². The van der Waals surface area contributed by atoms with Crippen LogP contribution in [0.2, 0.25) is 0 Å². The molecule has 1 atom stereocenters. The van der Waals surface area contributed by atoms with Crippen molar-refractivity contribution in [1.29, 1.82) is 0 Å². The molecule has 1 spiro atoms. The van der Waals surface area contributed by atoms with Crippen LogP contribution in [0, 0.1) is 10.8 Å². The Bertz CT molecular complexity index is 303. The third-order valence-corrected chi connectivity index (χ3v) is 6.18. The molecule has 0 aromatic rings.